The van der Waals surface area contributed by atoms with E-state index >= 15 is 0 Å². The van der Waals surface area contributed by atoms with Gasteiger partial charge < -0.3 is 15.2 Å². The molecule has 0 fully saturated rings. The third-order valence-corrected chi connectivity index (χ3v) is 2.41. The Balaban J connectivity index is 2.46. The zero-order valence-electron chi connectivity index (χ0n) is 9.70. The van der Waals surface area contributed by atoms with Crippen LogP contribution in [0.15, 0.2) is 24.3 Å². The normalized spacial score (nSPS) is 13.0. The van der Waals surface area contributed by atoms with Crippen LogP contribution >= 0.6 is 0 Å². The summed E-state index contributed by atoms with van der Waals surface area (Å²) in [4.78, 5) is 0. The predicted molar refractivity (Wildman–Crippen MR) is 61.0 cm³/mol. The summed E-state index contributed by atoms with van der Waals surface area (Å²) in [5, 5.41) is 12.1. The number of alkyl halides is 2. The summed E-state index contributed by atoms with van der Waals surface area (Å²) in [6.07, 6.45) is -2.43. The summed E-state index contributed by atoms with van der Waals surface area (Å²) in [7, 11) is 1.56. The van der Waals surface area contributed by atoms with Crippen LogP contribution in [0.4, 0.5) is 8.78 Å². The summed E-state index contributed by atoms with van der Waals surface area (Å²) in [6.45, 7) is 0.896. The average molecular weight is 245 g/mol. The van der Waals surface area contributed by atoms with Crippen LogP contribution in [0.2, 0.25) is 0 Å². The Morgan fingerprint density at radius 3 is 2.41 bits per heavy atom. The van der Waals surface area contributed by atoms with E-state index in [1.54, 1.807) is 19.2 Å². The Kier molecular flexibility index (Phi) is 6.04. The van der Waals surface area contributed by atoms with Crippen LogP contribution in [0.3, 0.4) is 0 Å². The highest BCUT2D eigenvalue weighted by molar-refractivity contribution is 5.23. The number of benzene rings is 1. The molecule has 0 aliphatic rings. The Morgan fingerprint density at radius 1 is 1.29 bits per heavy atom. The standard InChI is InChI=1S/C12H17F2NO2/c1-17-8-11(7-16)15-6-9-2-4-10(5-3-9)12(13)14/h2-5,11-12,15-16H,6-8H2,1H3. The molecule has 5 heteroatoms. The first kappa shape index (κ1) is 14.0. The zero-order valence-corrected chi connectivity index (χ0v) is 9.70. The molecule has 0 heterocycles. The quantitative estimate of drug-likeness (QED) is 0.768. The van der Waals surface area contributed by atoms with Crippen molar-refractivity contribution in [1.29, 1.82) is 0 Å². The van der Waals surface area contributed by atoms with Crippen LogP contribution in [0.25, 0.3) is 0 Å². The summed E-state index contributed by atoms with van der Waals surface area (Å²) < 4.78 is 29.5. The van der Waals surface area contributed by atoms with E-state index in [1.165, 1.54) is 12.1 Å². The highest BCUT2D eigenvalue weighted by Crippen LogP contribution is 2.18. The Labute approximate surface area is 99.4 Å². The fraction of sp³-hybridized carbons (Fsp3) is 0.500. The van der Waals surface area contributed by atoms with E-state index in [0.717, 1.165) is 5.56 Å². The fourth-order valence-electron chi connectivity index (χ4n) is 1.42. The van der Waals surface area contributed by atoms with Crippen LogP contribution < -0.4 is 5.32 Å². The van der Waals surface area contributed by atoms with E-state index in [1.807, 2.05) is 0 Å². The van der Waals surface area contributed by atoms with Gasteiger partial charge in [-0.3, -0.25) is 0 Å². The number of rotatable bonds is 7. The number of nitrogens with one attached hydrogen (secondary N) is 1. The number of halogens is 2. The molecular formula is C12H17F2NO2. The average Bonchev–Trinajstić information content (AvgIpc) is 2.35. The van der Waals surface area contributed by atoms with Crippen LogP contribution in [0.1, 0.15) is 17.6 Å². The van der Waals surface area contributed by atoms with Gasteiger partial charge in [0.2, 0.25) is 0 Å². The summed E-state index contributed by atoms with van der Waals surface area (Å²) in [6, 6.07) is 5.97. The lowest BCUT2D eigenvalue weighted by Gasteiger charge is -2.15. The van der Waals surface area contributed by atoms with Crippen molar-refractivity contribution in [3.63, 3.8) is 0 Å². The molecule has 0 saturated carbocycles. The molecule has 0 saturated heterocycles. The monoisotopic (exact) mass is 245 g/mol. The molecule has 1 unspecified atom stereocenters. The third kappa shape index (κ3) is 4.77. The molecule has 3 nitrogen and oxygen atoms in total. The zero-order chi connectivity index (χ0) is 12.7. The minimum Gasteiger partial charge on any atom is -0.395 e. The summed E-state index contributed by atoms with van der Waals surface area (Å²) >= 11 is 0. The van der Waals surface area contributed by atoms with Crippen molar-refractivity contribution in [2.45, 2.75) is 19.0 Å². The van der Waals surface area contributed by atoms with Crippen molar-refractivity contribution in [2.24, 2.45) is 0 Å². The van der Waals surface area contributed by atoms with E-state index in [4.69, 9.17) is 9.84 Å². The maximum atomic E-state index is 12.3. The molecule has 17 heavy (non-hydrogen) atoms. The molecule has 1 atom stereocenters. The van der Waals surface area contributed by atoms with Gasteiger partial charge in [0.15, 0.2) is 0 Å². The van der Waals surface area contributed by atoms with Gasteiger partial charge in [-0.1, -0.05) is 24.3 Å². The van der Waals surface area contributed by atoms with E-state index < -0.39 is 6.43 Å². The van der Waals surface area contributed by atoms with Crippen molar-refractivity contribution in [3.8, 4) is 0 Å². The smallest absolute Gasteiger partial charge is 0.263 e. The van der Waals surface area contributed by atoms with Gasteiger partial charge in [0, 0.05) is 19.2 Å². The van der Waals surface area contributed by atoms with Crippen molar-refractivity contribution >= 4 is 0 Å². The largest absolute Gasteiger partial charge is 0.395 e. The van der Waals surface area contributed by atoms with Gasteiger partial charge in [0.05, 0.1) is 19.3 Å². The lowest BCUT2D eigenvalue weighted by atomic mass is 10.1. The lowest BCUT2D eigenvalue weighted by Crippen LogP contribution is -2.35. The Hall–Kier alpha value is -1.04. The van der Waals surface area contributed by atoms with Crippen LogP contribution in [-0.2, 0) is 11.3 Å². The molecule has 0 aliphatic heterocycles. The van der Waals surface area contributed by atoms with Gasteiger partial charge >= 0.3 is 0 Å². The molecule has 96 valence electrons. The Bertz CT molecular complexity index is 317. The predicted octanol–water partition coefficient (Wildman–Crippen LogP) is 1.72. The van der Waals surface area contributed by atoms with Crippen molar-refractivity contribution in [1.82, 2.24) is 5.32 Å². The highest BCUT2D eigenvalue weighted by atomic mass is 19.3. The van der Waals surface area contributed by atoms with E-state index in [2.05, 4.69) is 5.32 Å². The number of ether oxygens (including phenoxy) is 1. The number of methoxy groups -OCH3 is 1. The second-order valence-corrected chi connectivity index (χ2v) is 3.76. The van der Waals surface area contributed by atoms with Gasteiger partial charge in [0.25, 0.3) is 6.43 Å². The number of hydrogen-bond donors (Lipinski definition) is 2. The minimum atomic E-state index is -2.43. The van der Waals surface area contributed by atoms with Gasteiger partial charge in [-0.25, -0.2) is 8.78 Å². The van der Waals surface area contributed by atoms with E-state index in [-0.39, 0.29) is 18.2 Å². The van der Waals surface area contributed by atoms with Crippen molar-refractivity contribution in [2.75, 3.05) is 20.3 Å². The van der Waals surface area contributed by atoms with E-state index in [0.29, 0.717) is 13.2 Å². The fourth-order valence-corrected chi connectivity index (χ4v) is 1.42. The van der Waals surface area contributed by atoms with E-state index in [9.17, 15) is 8.78 Å². The van der Waals surface area contributed by atoms with Crippen LogP contribution in [-0.4, -0.2) is 31.5 Å². The first-order chi connectivity index (χ1) is 8.17. The first-order valence-electron chi connectivity index (χ1n) is 5.37. The molecular weight excluding hydrogens is 228 g/mol. The molecule has 1 rings (SSSR count). The molecule has 1 aromatic rings. The molecule has 1 aromatic carbocycles. The highest BCUT2D eigenvalue weighted by Gasteiger charge is 2.08. The van der Waals surface area contributed by atoms with Gasteiger partial charge in [-0.15, -0.1) is 0 Å². The SMILES string of the molecule is COCC(CO)NCc1ccc(C(F)F)cc1. The molecule has 0 aliphatic carbocycles. The first-order valence-corrected chi connectivity index (χ1v) is 5.37. The second-order valence-electron chi connectivity index (χ2n) is 3.76. The maximum absolute atomic E-state index is 12.3. The minimum absolute atomic E-state index is 0.0179. The van der Waals surface area contributed by atoms with Crippen molar-refractivity contribution in [3.05, 3.63) is 35.4 Å². The van der Waals surface area contributed by atoms with Gasteiger partial charge in [-0.05, 0) is 5.56 Å². The molecule has 0 bridgehead atoms. The van der Waals surface area contributed by atoms with Gasteiger partial charge in [0.1, 0.15) is 0 Å². The summed E-state index contributed by atoms with van der Waals surface area (Å²) in [5.41, 5.74) is 0.910. The molecule has 0 radical (unpaired) electrons. The van der Waals surface area contributed by atoms with Crippen LogP contribution in [0, 0.1) is 0 Å². The molecule has 2 N–H and O–H groups in total. The summed E-state index contributed by atoms with van der Waals surface area (Å²) in [5.74, 6) is 0. The number of aliphatic hydroxyl groups excluding tert-OH is 1. The third-order valence-electron chi connectivity index (χ3n) is 2.41. The van der Waals surface area contributed by atoms with Crippen molar-refractivity contribution < 1.29 is 18.6 Å². The van der Waals surface area contributed by atoms with Gasteiger partial charge in [-0.2, -0.15) is 0 Å². The van der Waals surface area contributed by atoms with Crippen LogP contribution in [0.5, 0.6) is 0 Å². The number of hydrogen-bond acceptors (Lipinski definition) is 3. The second kappa shape index (κ2) is 7.32. The topological polar surface area (TPSA) is 41.5 Å². The lowest BCUT2D eigenvalue weighted by molar-refractivity contribution is 0.128. The molecule has 0 amide bonds. The maximum Gasteiger partial charge on any atom is 0.263 e. The number of aliphatic hydroxyl groups is 1. The Morgan fingerprint density at radius 2 is 1.94 bits per heavy atom. The molecule has 0 spiro atoms. The molecule has 0 aromatic heterocycles.